The van der Waals surface area contributed by atoms with E-state index < -0.39 is 96.2 Å². The Labute approximate surface area is 390 Å². The van der Waals surface area contributed by atoms with Gasteiger partial charge in [-0.2, -0.15) is 0 Å². The number of hydrogen-bond donors (Lipinski definition) is 9. The first-order chi connectivity index (χ1) is 32.3. The predicted octanol–water partition coefficient (Wildman–Crippen LogP) is 4.33. The van der Waals surface area contributed by atoms with Gasteiger partial charge in [0.25, 0.3) is 0 Å². The zero-order valence-electron chi connectivity index (χ0n) is 37.6. The first-order valence-corrected chi connectivity index (χ1v) is 23.3. The van der Waals surface area contributed by atoms with Gasteiger partial charge < -0.3 is 65.7 Å². The summed E-state index contributed by atoms with van der Waals surface area (Å²) < 4.78 is 25.9. The molecule has 2 aliphatic carbocycles. The lowest BCUT2D eigenvalue weighted by Gasteiger charge is -2.65. The molecule has 8 unspecified atom stereocenters. The smallest absolute Gasteiger partial charge is 0.336 e. The van der Waals surface area contributed by atoms with Crippen LogP contribution < -0.4 is 15.8 Å². The number of phenols is 3. The highest BCUT2D eigenvalue weighted by Crippen LogP contribution is 2.58. The van der Waals surface area contributed by atoms with Crippen LogP contribution in [0.1, 0.15) is 86.5 Å². The number of aryl methyl sites for hydroxylation is 1. The average Bonchev–Trinajstić information content (AvgIpc) is 3.32. The number of aliphatic carboxylic acids is 1. The highest BCUT2D eigenvalue weighted by Gasteiger charge is 2.73. The first kappa shape index (κ1) is 49.7. The molecule has 0 spiro atoms. The minimum absolute atomic E-state index is 0.0107. The van der Waals surface area contributed by atoms with Crippen LogP contribution in [0.4, 0.5) is 0 Å². The van der Waals surface area contributed by atoms with Gasteiger partial charge in [0.1, 0.15) is 30.5 Å². The summed E-state index contributed by atoms with van der Waals surface area (Å²) in [6.07, 6.45) is 7.67. The van der Waals surface area contributed by atoms with Crippen molar-refractivity contribution in [3.8, 4) is 23.0 Å². The summed E-state index contributed by atoms with van der Waals surface area (Å²) in [7, 11) is 0. The minimum atomic E-state index is -2.28. The lowest BCUT2D eigenvalue weighted by Crippen LogP contribution is -2.81. The van der Waals surface area contributed by atoms with Gasteiger partial charge in [-0.3, -0.25) is 9.59 Å². The van der Waals surface area contributed by atoms with Crippen molar-refractivity contribution in [2.75, 3.05) is 33.0 Å². The van der Waals surface area contributed by atoms with Crippen LogP contribution in [-0.4, -0.2) is 127 Å². The molecule has 3 aromatic carbocycles. The molecule has 4 fully saturated rings. The molecule has 8 atom stereocenters. The van der Waals surface area contributed by atoms with Crippen molar-refractivity contribution in [2.45, 2.75) is 118 Å². The molecule has 0 aromatic heterocycles. The van der Waals surface area contributed by atoms with Crippen molar-refractivity contribution in [3.05, 3.63) is 95.1 Å². The van der Waals surface area contributed by atoms with Crippen LogP contribution in [0.5, 0.6) is 23.0 Å². The number of aromatic hydroxyl groups is 3. The Morgan fingerprint density at radius 1 is 0.910 bits per heavy atom. The molecule has 3 aromatic rings. The van der Waals surface area contributed by atoms with E-state index in [-0.39, 0.29) is 73.6 Å². The van der Waals surface area contributed by atoms with Crippen molar-refractivity contribution in [1.29, 1.82) is 0 Å². The van der Waals surface area contributed by atoms with Crippen LogP contribution in [0.25, 0.3) is 12.2 Å². The Kier molecular flexibility index (Phi) is 16.2. The van der Waals surface area contributed by atoms with Gasteiger partial charge in [0.15, 0.2) is 40.2 Å². The minimum Gasteiger partial charge on any atom is -0.504 e. The van der Waals surface area contributed by atoms with Crippen molar-refractivity contribution >= 4 is 29.7 Å². The number of phenolic OH excluding ortho intramolecular Hbond substituents is 3. The fourth-order valence-electron chi connectivity index (χ4n) is 10.9. The molecule has 67 heavy (non-hydrogen) atoms. The van der Waals surface area contributed by atoms with Gasteiger partial charge in [-0.1, -0.05) is 67.8 Å². The standard InChI is InChI=1S/C51H64N2O14/c52-21-22-64-43-17-14-33(23-41(43)59)13-16-38(56)31-66-50(48(62)63)27-42(60)47-51(45(29-55)53-37-9-5-2-6-10-37)44(50)19-20-49(67-51,26-34(30-65-47)12-11-32-7-3-1-4-8-32)46(61)18-15-35-24-39(57)40(58)25-36(35)28-54/h1,3-4,7-8,13-18,23-25,34,37,42,44-45,47,53-55,57-60H,2,5-6,9-12,19-22,26-31,52H2,(H,62,63). The third-order valence-electron chi connectivity index (χ3n) is 14.1. The first-order valence-electron chi connectivity index (χ1n) is 23.3. The molecule has 362 valence electrons. The van der Waals surface area contributed by atoms with E-state index in [0.29, 0.717) is 18.4 Å². The van der Waals surface area contributed by atoms with Gasteiger partial charge in [0.05, 0.1) is 32.0 Å². The number of hydrogen-bond acceptors (Lipinski definition) is 15. The number of aliphatic hydroxyl groups excluding tert-OH is 3. The van der Waals surface area contributed by atoms with E-state index in [1.54, 1.807) is 6.07 Å². The number of ketones is 2. The quantitative estimate of drug-likeness (QED) is 0.0564. The number of carboxylic acids is 1. The fraction of sp³-hybridized carbons (Fsp3) is 0.510. The van der Waals surface area contributed by atoms with Crippen LogP contribution >= 0.6 is 0 Å². The second kappa shape index (κ2) is 21.8. The van der Waals surface area contributed by atoms with Crippen molar-refractivity contribution in [2.24, 2.45) is 17.6 Å². The zero-order chi connectivity index (χ0) is 47.8. The third-order valence-corrected chi connectivity index (χ3v) is 14.1. The Morgan fingerprint density at radius 3 is 2.37 bits per heavy atom. The zero-order valence-corrected chi connectivity index (χ0v) is 37.6. The SMILES string of the molecule is NCCOc1ccc(C=CC(=O)COC2(C(=O)O)CC(O)C3OCC(CCc4ccccc4)CC4(C(=O)C=Cc5cc(O)c(O)cc5CO)CCC2C3(C(CO)NC2CCCCC2)O4)cc1O. The van der Waals surface area contributed by atoms with Gasteiger partial charge >= 0.3 is 5.97 Å². The number of benzene rings is 3. The van der Waals surface area contributed by atoms with Gasteiger partial charge in [-0.25, -0.2) is 4.79 Å². The number of carbonyl (C=O) groups is 3. The monoisotopic (exact) mass is 928 g/mol. The largest absolute Gasteiger partial charge is 0.504 e. The van der Waals surface area contributed by atoms with Crippen LogP contribution in [0, 0.1) is 11.8 Å². The highest BCUT2D eigenvalue weighted by molar-refractivity contribution is 6.00. The molecule has 2 bridgehead atoms. The predicted molar refractivity (Wildman–Crippen MR) is 246 cm³/mol. The molecule has 7 rings (SSSR count). The van der Waals surface area contributed by atoms with E-state index in [1.165, 1.54) is 48.6 Å². The molecule has 16 nitrogen and oxygen atoms in total. The van der Waals surface area contributed by atoms with Crippen molar-refractivity contribution < 1.29 is 69.1 Å². The van der Waals surface area contributed by atoms with Gasteiger partial charge in [0.2, 0.25) is 0 Å². The van der Waals surface area contributed by atoms with E-state index in [2.05, 4.69) is 5.32 Å². The molecule has 10 N–H and O–H groups in total. The molecule has 4 aliphatic rings. The topological polar surface area (TPSA) is 268 Å². The van der Waals surface area contributed by atoms with Crippen molar-refractivity contribution in [3.63, 3.8) is 0 Å². The van der Waals surface area contributed by atoms with Gasteiger partial charge in [0, 0.05) is 24.9 Å². The fourth-order valence-corrected chi connectivity index (χ4v) is 10.9. The second-order valence-corrected chi connectivity index (χ2v) is 18.4. The summed E-state index contributed by atoms with van der Waals surface area (Å²) in [4.78, 5) is 42.7. The Hall–Kier alpha value is -5.17. The van der Waals surface area contributed by atoms with E-state index in [1.807, 2.05) is 30.3 Å². The molecule has 2 heterocycles. The lowest BCUT2D eigenvalue weighted by atomic mass is 9.55. The maximum Gasteiger partial charge on any atom is 0.336 e. The number of rotatable bonds is 20. The number of carbonyl (C=O) groups excluding carboxylic acids is 2. The molecule has 2 aliphatic heterocycles. The lowest BCUT2D eigenvalue weighted by molar-refractivity contribution is -0.344. The van der Waals surface area contributed by atoms with Crippen LogP contribution in [0.15, 0.2) is 72.8 Å². The number of ether oxygens (including phenoxy) is 4. The van der Waals surface area contributed by atoms with E-state index >= 15 is 4.79 Å². The highest BCUT2D eigenvalue weighted by atomic mass is 16.6. The molecule has 0 amide bonds. The van der Waals surface area contributed by atoms with E-state index in [0.717, 1.165) is 37.7 Å². The molecule has 2 saturated heterocycles. The Balaban J connectivity index is 1.28. The summed E-state index contributed by atoms with van der Waals surface area (Å²) in [6.45, 7) is -1.32. The maximum atomic E-state index is 15.2. The summed E-state index contributed by atoms with van der Waals surface area (Å²) >= 11 is 0. The van der Waals surface area contributed by atoms with E-state index in [9.17, 15) is 45.3 Å². The molecule has 2 saturated carbocycles. The number of nitrogens with two attached hydrogens (primary N) is 1. The normalized spacial score (nSPS) is 28.2. The molecule has 16 heteroatoms. The number of carboxylic acid groups (broad SMARTS) is 1. The van der Waals surface area contributed by atoms with Crippen LogP contribution in [-0.2, 0) is 41.6 Å². The van der Waals surface area contributed by atoms with Gasteiger partial charge in [-0.15, -0.1) is 0 Å². The summed E-state index contributed by atoms with van der Waals surface area (Å²) in [5.74, 6) is -4.92. The molecular weight excluding hydrogens is 865 g/mol. The number of aliphatic hydroxyl groups is 3. The van der Waals surface area contributed by atoms with Crippen molar-refractivity contribution in [1.82, 2.24) is 5.32 Å². The summed E-state index contributed by atoms with van der Waals surface area (Å²) in [6, 6.07) is 15.6. The van der Waals surface area contributed by atoms with Crippen LogP contribution in [0.3, 0.4) is 0 Å². The Morgan fingerprint density at radius 2 is 1.67 bits per heavy atom. The second-order valence-electron chi connectivity index (χ2n) is 18.4. The van der Waals surface area contributed by atoms with Crippen LogP contribution in [0.2, 0.25) is 0 Å². The Bertz CT molecular complexity index is 2260. The number of fused-ring (bicyclic) bond motifs is 1. The third kappa shape index (κ3) is 10.8. The molecule has 0 radical (unpaired) electrons. The summed E-state index contributed by atoms with van der Waals surface area (Å²) in [5, 5.41) is 79.8. The maximum absolute atomic E-state index is 15.2. The average molecular weight is 929 g/mol. The van der Waals surface area contributed by atoms with E-state index in [4.69, 9.17) is 24.7 Å². The number of nitrogens with one attached hydrogen (secondary N) is 1. The molecular formula is C51H64N2O14. The summed E-state index contributed by atoms with van der Waals surface area (Å²) in [5.41, 5.74) is 1.66. The van der Waals surface area contributed by atoms with Gasteiger partial charge in [-0.05, 0) is 110 Å².